The minimum Gasteiger partial charge on any atom is -0.496 e. The topological polar surface area (TPSA) is 41.5 Å². The van der Waals surface area contributed by atoms with Crippen molar-refractivity contribution < 1.29 is 9.84 Å². The second kappa shape index (κ2) is 5.72. The second-order valence-corrected chi connectivity index (χ2v) is 5.74. The molecule has 0 saturated heterocycles. The second-order valence-electron chi connectivity index (χ2n) is 5.74. The predicted octanol–water partition coefficient (Wildman–Crippen LogP) is 2.55. The van der Waals surface area contributed by atoms with Crippen LogP contribution in [0.1, 0.15) is 43.6 Å². The molecule has 0 aliphatic heterocycles. The maximum Gasteiger partial charge on any atom is 0.125 e. The number of benzene rings is 1. The number of aliphatic hydroxyl groups excluding tert-OH is 1. The van der Waals surface area contributed by atoms with Crippen molar-refractivity contribution in [1.82, 2.24) is 5.32 Å². The van der Waals surface area contributed by atoms with Crippen LogP contribution in [0.15, 0.2) is 12.1 Å². The van der Waals surface area contributed by atoms with E-state index < -0.39 is 6.10 Å². The van der Waals surface area contributed by atoms with E-state index in [0.29, 0.717) is 6.54 Å². The first kappa shape index (κ1) is 15.0. The maximum absolute atomic E-state index is 10.1. The molecule has 3 nitrogen and oxygen atoms in total. The first-order valence-corrected chi connectivity index (χ1v) is 6.33. The van der Waals surface area contributed by atoms with E-state index >= 15 is 0 Å². The van der Waals surface area contributed by atoms with E-state index in [1.54, 1.807) is 7.11 Å². The van der Waals surface area contributed by atoms with Gasteiger partial charge in [-0.2, -0.15) is 0 Å². The minimum absolute atomic E-state index is 0.00846. The molecule has 1 unspecified atom stereocenters. The number of hydrogen-bond acceptors (Lipinski definition) is 3. The molecule has 0 saturated carbocycles. The van der Waals surface area contributed by atoms with Gasteiger partial charge in [-0.3, -0.25) is 0 Å². The molecule has 18 heavy (non-hydrogen) atoms. The van der Waals surface area contributed by atoms with Crippen LogP contribution in [0.2, 0.25) is 0 Å². The van der Waals surface area contributed by atoms with Crippen LogP contribution in [0.25, 0.3) is 0 Å². The number of hydrogen-bond donors (Lipinski definition) is 2. The summed E-state index contributed by atoms with van der Waals surface area (Å²) in [5.74, 6) is 0.919. The zero-order valence-electron chi connectivity index (χ0n) is 12.3. The van der Waals surface area contributed by atoms with Gasteiger partial charge in [0.25, 0.3) is 0 Å². The SMILES string of the molecule is CNCC(O)c1cc(C)c(OC)c(C(C)(C)C)c1. The van der Waals surface area contributed by atoms with E-state index in [2.05, 4.69) is 26.1 Å². The van der Waals surface area contributed by atoms with E-state index in [0.717, 1.165) is 22.4 Å². The number of nitrogens with one attached hydrogen (secondary N) is 1. The van der Waals surface area contributed by atoms with Crippen molar-refractivity contribution in [2.75, 3.05) is 20.7 Å². The molecule has 1 atom stereocenters. The van der Waals surface area contributed by atoms with Crippen LogP contribution in [0.3, 0.4) is 0 Å². The fraction of sp³-hybridized carbons (Fsp3) is 0.600. The Morgan fingerprint density at radius 1 is 1.33 bits per heavy atom. The summed E-state index contributed by atoms with van der Waals surface area (Å²) in [5, 5.41) is 13.1. The Morgan fingerprint density at radius 3 is 2.39 bits per heavy atom. The molecular weight excluding hydrogens is 226 g/mol. The molecule has 0 amide bonds. The molecule has 0 bridgehead atoms. The third kappa shape index (κ3) is 3.24. The van der Waals surface area contributed by atoms with Gasteiger partial charge in [-0.1, -0.05) is 20.8 Å². The Morgan fingerprint density at radius 2 is 1.94 bits per heavy atom. The number of methoxy groups -OCH3 is 1. The molecule has 1 aromatic rings. The highest BCUT2D eigenvalue weighted by Crippen LogP contribution is 2.36. The normalized spacial score (nSPS) is 13.5. The third-order valence-corrected chi connectivity index (χ3v) is 3.09. The van der Waals surface area contributed by atoms with Crippen molar-refractivity contribution in [3.05, 3.63) is 28.8 Å². The van der Waals surface area contributed by atoms with E-state index in [9.17, 15) is 5.11 Å². The van der Waals surface area contributed by atoms with Crippen molar-refractivity contribution in [3.63, 3.8) is 0 Å². The van der Waals surface area contributed by atoms with Crippen LogP contribution in [0, 0.1) is 6.92 Å². The van der Waals surface area contributed by atoms with E-state index in [4.69, 9.17) is 4.74 Å². The summed E-state index contributed by atoms with van der Waals surface area (Å²) >= 11 is 0. The van der Waals surface area contributed by atoms with Crippen molar-refractivity contribution in [3.8, 4) is 5.75 Å². The van der Waals surface area contributed by atoms with Crippen molar-refractivity contribution in [2.24, 2.45) is 0 Å². The van der Waals surface area contributed by atoms with Crippen molar-refractivity contribution in [2.45, 2.75) is 39.2 Å². The standard InChI is InChI=1S/C15H25NO2/c1-10-7-11(13(17)9-16-5)8-12(14(10)18-6)15(2,3)4/h7-8,13,16-17H,9H2,1-6H3. The van der Waals surface area contributed by atoms with Crippen LogP contribution in [-0.4, -0.2) is 25.8 Å². The summed E-state index contributed by atoms with van der Waals surface area (Å²) in [6, 6.07) is 4.05. The average Bonchev–Trinajstić information content (AvgIpc) is 2.27. The van der Waals surface area contributed by atoms with Gasteiger partial charge in [-0.05, 0) is 42.6 Å². The Kier molecular flexibility index (Phi) is 4.77. The minimum atomic E-state index is -0.485. The molecule has 0 radical (unpaired) electrons. The van der Waals surface area contributed by atoms with Gasteiger partial charge in [0, 0.05) is 12.1 Å². The third-order valence-electron chi connectivity index (χ3n) is 3.09. The van der Waals surface area contributed by atoms with Crippen molar-refractivity contribution >= 4 is 0 Å². The summed E-state index contributed by atoms with van der Waals surface area (Å²) in [4.78, 5) is 0. The van der Waals surface area contributed by atoms with Crippen molar-refractivity contribution in [1.29, 1.82) is 0 Å². The Labute approximate surface area is 110 Å². The van der Waals surface area contributed by atoms with Gasteiger partial charge in [0.1, 0.15) is 5.75 Å². The van der Waals surface area contributed by atoms with E-state index in [1.807, 2.05) is 26.1 Å². The van der Waals surface area contributed by atoms with Crippen LogP contribution in [0.4, 0.5) is 0 Å². The molecular formula is C15H25NO2. The summed E-state index contributed by atoms with van der Waals surface area (Å²) in [6.45, 7) is 9.02. The Hall–Kier alpha value is -1.06. The van der Waals surface area contributed by atoms with Gasteiger partial charge in [0.2, 0.25) is 0 Å². The van der Waals surface area contributed by atoms with E-state index in [1.165, 1.54) is 0 Å². The Bertz CT molecular complexity index is 408. The van der Waals surface area contributed by atoms with Crippen LogP contribution < -0.4 is 10.1 Å². The molecule has 2 N–H and O–H groups in total. The lowest BCUT2D eigenvalue weighted by atomic mass is 9.83. The number of ether oxygens (including phenoxy) is 1. The number of aryl methyl sites for hydroxylation is 1. The van der Waals surface area contributed by atoms with Crippen LogP contribution >= 0.6 is 0 Å². The quantitative estimate of drug-likeness (QED) is 0.864. The summed E-state index contributed by atoms with van der Waals surface area (Å²) < 4.78 is 5.50. The highest BCUT2D eigenvalue weighted by atomic mass is 16.5. The largest absolute Gasteiger partial charge is 0.496 e. The number of likely N-dealkylation sites (N-methyl/N-ethyl adjacent to an activating group) is 1. The zero-order chi connectivity index (χ0) is 13.9. The molecule has 1 rings (SSSR count). The smallest absolute Gasteiger partial charge is 0.125 e. The van der Waals surface area contributed by atoms with Gasteiger partial charge in [-0.25, -0.2) is 0 Å². The molecule has 0 aliphatic carbocycles. The fourth-order valence-corrected chi connectivity index (χ4v) is 2.13. The number of aliphatic hydroxyl groups is 1. The Balaban J connectivity index is 3.30. The lowest BCUT2D eigenvalue weighted by Gasteiger charge is -2.25. The predicted molar refractivity (Wildman–Crippen MR) is 75.3 cm³/mol. The average molecular weight is 251 g/mol. The number of rotatable bonds is 4. The first-order valence-electron chi connectivity index (χ1n) is 6.33. The molecule has 102 valence electrons. The summed E-state index contributed by atoms with van der Waals surface area (Å²) in [7, 11) is 3.53. The molecule has 0 aliphatic rings. The van der Waals surface area contributed by atoms with E-state index in [-0.39, 0.29) is 5.41 Å². The molecule has 1 aromatic carbocycles. The molecule has 0 fully saturated rings. The first-order chi connectivity index (χ1) is 8.31. The van der Waals surface area contributed by atoms with Crippen LogP contribution in [-0.2, 0) is 5.41 Å². The molecule has 0 aromatic heterocycles. The summed E-state index contributed by atoms with van der Waals surface area (Å²) in [6.07, 6.45) is -0.485. The van der Waals surface area contributed by atoms with Gasteiger partial charge >= 0.3 is 0 Å². The summed E-state index contributed by atoms with van der Waals surface area (Å²) in [5.41, 5.74) is 3.13. The van der Waals surface area contributed by atoms with Crippen LogP contribution in [0.5, 0.6) is 5.75 Å². The lowest BCUT2D eigenvalue weighted by molar-refractivity contribution is 0.177. The maximum atomic E-state index is 10.1. The highest BCUT2D eigenvalue weighted by Gasteiger charge is 2.22. The van der Waals surface area contributed by atoms with Gasteiger partial charge in [0.05, 0.1) is 13.2 Å². The lowest BCUT2D eigenvalue weighted by Crippen LogP contribution is -2.19. The van der Waals surface area contributed by atoms with Gasteiger partial charge in [0.15, 0.2) is 0 Å². The zero-order valence-corrected chi connectivity index (χ0v) is 12.3. The van der Waals surface area contributed by atoms with Gasteiger partial charge < -0.3 is 15.2 Å². The monoisotopic (exact) mass is 251 g/mol. The molecule has 0 heterocycles. The van der Waals surface area contributed by atoms with Gasteiger partial charge in [-0.15, -0.1) is 0 Å². The fourth-order valence-electron chi connectivity index (χ4n) is 2.13. The molecule has 3 heteroatoms. The highest BCUT2D eigenvalue weighted by molar-refractivity contribution is 5.48. The molecule has 0 spiro atoms.